The van der Waals surface area contributed by atoms with Crippen LogP contribution in [0.5, 0.6) is 0 Å². The van der Waals surface area contributed by atoms with E-state index in [1.807, 2.05) is 67.6 Å². The number of alkyl halides is 1. The lowest BCUT2D eigenvalue weighted by atomic mass is 9.72. The van der Waals surface area contributed by atoms with Crippen LogP contribution >= 0.6 is 15.9 Å². The summed E-state index contributed by atoms with van der Waals surface area (Å²) in [7, 11) is 0. The fraction of sp³-hybridized carbons (Fsp3) is 0.300. The van der Waals surface area contributed by atoms with E-state index in [1.54, 1.807) is 0 Å². The lowest BCUT2D eigenvalue weighted by Gasteiger charge is -2.32. The van der Waals surface area contributed by atoms with Crippen molar-refractivity contribution in [1.82, 2.24) is 0 Å². The number of halogens is 1. The summed E-state index contributed by atoms with van der Waals surface area (Å²) in [5.74, 6) is -0.973. The normalized spacial score (nSPS) is 19.9. The molecule has 5 heteroatoms. The summed E-state index contributed by atoms with van der Waals surface area (Å²) >= 11 is 3.29. The van der Waals surface area contributed by atoms with Gasteiger partial charge in [0.25, 0.3) is 0 Å². The first kappa shape index (κ1) is 17.7. The fourth-order valence-corrected chi connectivity index (χ4v) is 3.26. The molecule has 0 aliphatic carbocycles. The number of cyclic esters (lactones) is 1. The van der Waals surface area contributed by atoms with Gasteiger partial charge in [0.15, 0.2) is 0 Å². The van der Waals surface area contributed by atoms with Gasteiger partial charge in [0.05, 0.1) is 0 Å². The van der Waals surface area contributed by atoms with Crippen LogP contribution < -0.4 is 0 Å². The maximum Gasteiger partial charge on any atom is 0.348 e. The lowest BCUT2D eigenvalue weighted by Crippen LogP contribution is -2.45. The first-order chi connectivity index (χ1) is 12.1. The van der Waals surface area contributed by atoms with Crippen molar-refractivity contribution in [2.24, 2.45) is 0 Å². The first-order valence-corrected chi connectivity index (χ1v) is 9.13. The zero-order valence-corrected chi connectivity index (χ0v) is 15.4. The van der Waals surface area contributed by atoms with Gasteiger partial charge in [0.1, 0.15) is 16.8 Å². The highest BCUT2D eigenvalue weighted by molar-refractivity contribution is 9.10. The minimum Gasteiger partial charge on any atom is -0.461 e. The summed E-state index contributed by atoms with van der Waals surface area (Å²) in [4.78, 5) is 24.4. The Kier molecular flexibility index (Phi) is 5.23. The van der Waals surface area contributed by atoms with Gasteiger partial charge in [-0.05, 0) is 17.5 Å². The average molecular weight is 403 g/mol. The maximum atomic E-state index is 12.5. The standard InChI is InChI=1S/C20H19BrO4/c1-2-16(21)18(22)25-17-19(23)24-13-20(17,14-9-5-3-6-10-14)15-11-7-4-8-12-15/h3-12,16-17H,2,13H2,1H3/t16?,17-/m0/s1. The SMILES string of the molecule is CCC(Br)C(=O)O[C@H]1C(=O)OCC1(c1ccccc1)c1ccccc1. The molecule has 1 aliphatic heterocycles. The Bertz CT molecular complexity index is 705. The summed E-state index contributed by atoms with van der Waals surface area (Å²) in [6, 6.07) is 19.2. The highest BCUT2D eigenvalue weighted by atomic mass is 79.9. The number of benzene rings is 2. The molecule has 0 aromatic heterocycles. The van der Waals surface area contributed by atoms with E-state index < -0.39 is 28.3 Å². The van der Waals surface area contributed by atoms with Gasteiger partial charge >= 0.3 is 11.9 Å². The molecule has 25 heavy (non-hydrogen) atoms. The molecule has 0 N–H and O–H groups in total. The molecule has 4 nitrogen and oxygen atoms in total. The molecule has 1 aliphatic rings. The molecule has 1 unspecified atom stereocenters. The molecule has 1 saturated heterocycles. The minimum atomic E-state index is -1.02. The minimum absolute atomic E-state index is 0.136. The molecule has 1 heterocycles. The molecule has 0 bridgehead atoms. The quantitative estimate of drug-likeness (QED) is 0.566. The maximum absolute atomic E-state index is 12.5. The van der Waals surface area contributed by atoms with E-state index in [9.17, 15) is 9.59 Å². The Balaban J connectivity index is 2.10. The van der Waals surface area contributed by atoms with Crippen LogP contribution in [0.4, 0.5) is 0 Å². The van der Waals surface area contributed by atoms with Crippen LogP contribution in [0.1, 0.15) is 24.5 Å². The van der Waals surface area contributed by atoms with Crippen molar-refractivity contribution in [2.75, 3.05) is 6.61 Å². The third-order valence-electron chi connectivity index (χ3n) is 4.53. The Hall–Kier alpha value is -2.14. The number of carbonyl (C=O) groups is 2. The monoisotopic (exact) mass is 402 g/mol. The summed E-state index contributed by atoms with van der Waals surface area (Å²) in [5, 5.41) is 0. The topological polar surface area (TPSA) is 52.6 Å². The highest BCUT2D eigenvalue weighted by Gasteiger charge is 2.55. The zero-order chi connectivity index (χ0) is 17.9. The van der Waals surface area contributed by atoms with E-state index in [2.05, 4.69) is 15.9 Å². The second kappa shape index (κ2) is 7.40. The molecule has 0 amide bonds. The molecule has 0 saturated carbocycles. The number of carbonyl (C=O) groups excluding carboxylic acids is 2. The van der Waals surface area contributed by atoms with Crippen LogP contribution in [0.3, 0.4) is 0 Å². The first-order valence-electron chi connectivity index (χ1n) is 8.22. The van der Waals surface area contributed by atoms with Gasteiger partial charge in [-0.2, -0.15) is 0 Å². The van der Waals surface area contributed by atoms with Crippen molar-refractivity contribution in [2.45, 2.75) is 29.7 Å². The summed E-state index contributed by atoms with van der Waals surface area (Å²) < 4.78 is 11.0. The number of esters is 2. The molecule has 1 fully saturated rings. The molecule has 0 spiro atoms. The fourth-order valence-electron chi connectivity index (χ4n) is 3.15. The molecule has 130 valence electrons. The number of rotatable bonds is 5. The number of hydrogen-bond acceptors (Lipinski definition) is 4. The van der Waals surface area contributed by atoms with Crippen LogP contribution in [0, 0.1) is 0 Å². The molecule has 2 aromatic rings. The van der Waals surface area contributed by atoms with Crippen molar-refractivity contribution < 1.29 is 19.1 Å². The van der Waals surface area contributed by atoms with Crippen LogP contribution in [-0.2, 0) is 24.5 Å². The number of hydrogen-bond donors (Lipinski definition) is 0. The third kappa shape index (κ3) is 3.21. The Labute approximate surface area is 155 Å². The highest BCUT2D eigenvalue weighted by Crippen LogP contribution is 2.42. The largest absolute Gasteiger partial charge is 0.461 e. The second-order valence-electron chi connectivity index (χ2n) is 6.00. The van der Waals surface area contributed by atoms with Crippen LogP contribution in [0.25, 0.3) is 0 Å². The molecular formula is C20H19BrO4. The van der Waals surface area contributed by atoms with Crippen LogP contribution in [-0.4, -0.2) is 29.5 Å². The Morgan fingerprint density at radius 2 is 1.68 bits per heavy atom. The Morgan fingerprint density at radius 1 is 1.16 bits per heavy atom. The Morgan fingerprint density at radius 3 is 2.16 bits per heavy atom. The van der Waals surface area contributed by atoms with Gasteiger partial charge in [0.2, 0.25) is 6.10 Å². The third-order valence-corrected chi connectivity index (χ3v) is 5.55. The summed E-state index contributed by atoms with van der Waals surface area (Å²) in [5.41, 5.74) is 0.912. The van der Waals surface area contributed by atoms with Gasteiger partial charge in [-0.1, -0.05) is 83.5 Å². The second-order valence-corrected chi connectivity index (χ2v) is 7.11. The zero-order valence-electron chi connectivity index (χ0n) is 13.9. The van der Waals surface area contributed by atoms with Crippen LogP contribution in [0.2, 0.25) is 0 Å². The molecule has 0 radical (unpaired) electrons. The van der Waals surface area contributed by atoms with E-state index in [-0.39, 0.29) is 6.61 Å². The van der Waals surface area contributed by atoms with Gasteiger partial charge in [-0.25, -0.2) is 4.79 Å². The van der Waals surface area contributed by atoms with E-state index in [0.717, 1.165) is 11.1 Å². The predicted molar refractivity (Wildman–Crippen MR) is 97.5 cm³/mol. The van der Waals surface area contributed by atoms with Crippen molar-refractivity contribution in [3.63, 3.8) is 0 Å². The van der Waals surface area contributed by atoms with Crippen molar-refractivity contribution in [3.05, 3.63) is 71.8 Å². The van der Waals surface area contributed by atoms with Crippen molar-refractivity contribution >= 4 is 27.9 Å². The average Bonchev–Trinajstić information content (AvgIpc) is 3.00. The molecule has 2 aromatic carbocycles. The van der Waals surface area contributed by atoms with Crippen LogP contribution in [0.15, 0.2) is 60.7 Å². The van der Waals surface area contributed by atoms with E-state index in [0.29, 0.717) is 6.42 Å². The van der Waals surface area contributed by atoms with Crippen molar-refractivity contribution in [1.29, 1.82) is 0 Å². The number of ether oxygens (including phenoxy) is 2. The van der Waals surface area contributed by atoms with Gasteiger partial charge < -0.3 is 9.47 Å². The van der Waals surface area contributed by atoms with Crippen molar-refractivity contribution in [3.8, 4) is 0 Å². The van der Waals surface area contributed by atoms with E-state index in [4.69, 9.17) is 9.47 Å². The van der Waals surface area contributed by atoms with Gasteiger partial charge in [-0.3, -0.25) is 4.79 Å². The predicted octanol–water partition coefficient (Wildman–Crippen LogP) is 3.61. The molecule has 3 rings (SSSR count). The van der Waals surface area contributed by atoms with Gasteiger partial charge in [-0.15, -0.1) is 0 Å². The summed E-state index contributed by atoms with van der Waals surface area (Å²) in [6.07, 6.45) is -0.444. The molecular weight excluding hydrogens is 384 g/mol. The van der Waals surface area contributed by atoms with Gasteiger partial charge in [0, 0.05) is 0 Å². The molecule has 2 atom stereocenters. The van der Waals surface area contributed by atoms with E-state index >= 15 is 0 Å². The smallest absolute Gasteiger partial charge is 0.348 e. The summed E-state index contributed by atoms with van der Waals surface area (Å²) in [6.45, 7) is 2.01. The lowest BCUT2D eigenvalue weighted by molar-refractivity contribution is -0.161. The van der Waals surface area contributed by atoms with E-state index in [1.165, 1.54) is 0 Å².